The second-order valence-electron chi connectivity index (χ2n) is 4.20. The molecule has 1 N–H and O–H groups in total. The number of piperidine rings is 1. The van der Waals surface area contributed by atoms with Gasteiger partial charge in [0.25, 0.3) is 0 Å². The molecule has 2 aromatic heterocycles. The van der Waals surface area contributed by atoms with Gasteiger partial charge < -0.3 is 10.0 Å². The van der Waals surface area contributed by atoms with E-state index in [1.165, 1.54) is 0 Å². The van der Waals surface area contributed by atoms with Gasteiger partial charge in [-0.1, -0.05) is 0 Å². The number of β-amino-alcohol motifs (C(OH)–C–C–N with tert-alkyl or cyclic N) is 1. The summed E-state index contributed by atoms with van der Waals surface area (Å²) in [7, 11) is 0. The van der Waals surface area contributed by atoms with Crippen molar-refractivity contribution >= 4 is 39.0 Å². The highest BCUT2D eigenvalue weighted by Gasteiger charge is 2.21. The highest BCUT2D eigenvalue weighted by atomic mass is 35.5. The standard InChI is InChI=1S/C11H12ClN3OS/c12-11-13-9(8-3-5-17-10(8)14-11)15-4-1-2-7(16)6-15/h3,5,7,16H,1-2,4,6H2. The predicted octanol–water partition coefficient (Wildman–Crippen LogP) is 2.31. The molecular formula is C11H12ClN3OS. The first-order valence-corrected chi connectivity index (χ1v) is 6.83. The third kappa shape index (κ3) is 2.10. The Bertz CT molecular complexity index is 544. The first-order valence-electron chi connectivity index (χ1n) is 5.58. The minimum Gasteiger partial charge on any atom is -0.391 e. The molecule has 4 nitrogen and oxygen atoms in total. The molecule has 6 heteroatoms. The van der Waals surface area contributed by atoms with E-state index in [4.69, 9.17) is 11.6 Å². The van der Waals surface area contributed by atoms with Crippen molar-refractivity contribution in [3.63, 3.8) is 0 Å². The van der Waals surface area contributed by atoms with Gasteiger partial charge in [-0.25, -0.2) is 4.98 Å². The van der Waals surface area contributed by atoms with Crippen LogP contribution in [0.25, 0.3) is 10.2 Å². The van der Waals surface area contributed by atoms with Crippen molar-refractivity contribution in [1.82, 2.24) is 9.97 Å². The summed E-state index contributed by atoms with van der Waals surface area (Å²) in [5.74, 6) is 0.847. The summed E-state index contributed by atoms with van der Waals surface area (Å²) < 4.78 is 0. The quantitative estimate of drug-likeness (QED) is 0.807. The third-order valence-corrected chi connectivity index (χ3v) is 3.95. The first kappa shape index (κ1) is 11.2. The summed E-state index contributed by atoms with van der Waals surface area (Å²) in [4.78, 5) is 11.5. The highest BCUT2D eigenvalue weighted by Crippen LogP contribution is 2.30. The van der Waals surface area contributed by atoms with Gasteiger partial charge in [0, 0.05) is 13.1 Å². The molecule has 1 fully saturated rings. The molecule has 1 aliphatic rings. The highest BCUT2D eigenvalue weighted by molar-refractivity contribution is 7.16. The SMILES string of the molecule is OC1CCCN(c2nc(Cl)nc3sccc23)C1. The third-order valence-electron chi connectivity index (χ3n) is 2.97. The lowest BCUT2D eigenvalue weighted by molar-refractivity contribution is 0.154. The summed E-state index contributed by atoms with van der Waals surface area (Å²) >= 11 is 7.49. The fourth-order valence-electron chi connectivity index (χ4n) is 2.20. The molecule has 0 bridgehead atoms. The number of hydrogen-bond donors (Lipinski definition) is 1. The summed E-state index contributed by atoms with van der Waals surface area (Å²) in [5, 5.41) is 13.0. The number of hydrogen-bond acceptors (Lipinski definition) is 5. The average Bonchev–Trinajstić information content (AvgIpc) is 2.75. The van der Waals surface area contributed by atoms with E-state index in [1.807, 2.05) is 11.4 Å². The van der Waals surface area contributed by atoms with Crippen LogP contribution in [-0.2, 0) is 0 Å². The lowest BCUT2D eigenvalue weighted by atomic mass is 10.1. The van der Waals surface area contributed by atoms with Crippen LogP contribution in [0.4, 0.5) is 5.82 Å². The van der Waals surface area contributed by atoms with Crippen LogP contribution >= 0.6 is 22.9 Å². The van der Waals surface area contributed by atoms with Crippen molar-refractivity contribution in [3.8, 4) is 0 Å². The number of halogens is 1. The Morgan fingerprint density at radius 1 is 1.47 bits per heavy atom. The molecule has 2 aromatic rings. The molecule has 1 aliphatic heterocycles. The van der Waals surface area contributed by atoms with E-state index in [0.717, 1.165) is 35.4 Å². The van der Waals surface area contributed by atoms with Gasteiger partial charge in [-0.2, -0.15) is 4.98 Å². The first-order chi connectivity index (χ1) is 8.24. The fourth-order valence-corrected chi connectivity index (χ4v) is 3.18. The van der Waals surface area contributed by atoms with Gasteiger partial charge in [-0.15, -0.1) is 11.3 Å². The van der Waals surface area contributed by atoms with Gasteiger partial charge in [-0.05, 0) is 35.9 Å². The second kappa shape index (κ2) is 4.40. The van der Waals surface area contributed by atoms with Crippen molar-refractivity contribution < 1.29 is 5.11 Å². The molecule has 0 amide bonds. The molecule has 90 valence electrons. The van der Waals surface area contributed by atoms with E-state index in [9.17, 15) is 5.11 Å². The number of aromatic nitrogens is 2. The topological polar surface area (TPSA) is 49.2 Å². The predicted molar refractivity (Wildman–Crippen MR) is 69.9 cm³/mol. The van der Waals surface area contributed by atoms with Gasteiger partial charge in [0.05, 0.1) is 11.5 Å². The van der Waals surface area contributed by atoms with E-state index in [1.54, 1.807) is 11.3 Å². The molecule has 1 saturated heterocycles. The Labute approximate surface area is 108 Å². The molecule has 1 atom stereocenters. The minimum absolute atomic E-state index is 0.272. The van der Waals surface area contributed by atoms with Gasteiger partial charge in [0.15, 0.2) is 0 Å². The van der Waals surface area contributed by atoms with E-state index in [-0.39, 0.29) is 11.4 Å². The van der Waals surface area contributed by atoms with E-state index in [0.29, 0.717) is 6.54 Å². The van der Waals surface area contributed by atoms with Crippen molar-refractivity contribution in [3.05, 3.63) is 16.7 Å². The zero-order valence-electron chi connectivity index (χ0n) is 9.14. The van der Waals surface area contributed by atoms with Crippen LogP contribution in [0.15, 0.2) is 11.4 Å². The van der Waals surface area contributed by atoms with E-state index < -0.39 is 0 Å². The van der Waals surface area contributed by atoms with Crippen LogP contribution in [0.1, 0.15) is 12.8 Å². The smallest absolute Gasteiger partial charge is 0.225 e. The molecule has 0 saturated carbocycles. The molecule has 17 heavy (non-hydrogen) atoms. The van der Waals surface area contributed by atoms with Gasteiger partial charge in [0.1, 0.15) is 10.6 Å². The molecule has 1 unspecified atom stereocenters. The van der Waals surface area contributed by atoms with Crippen LogP contribution in [0, 0.1) is 0 Å². The van der Waals surface area contributed by atoms with Crippen molar-refractivity contribution in [2.75, 3.05) is 18.0 Å². The van der Waals surface area contributed by atoms with Gasteiger partial charge >= 0.3 is 0 Å². The Morgan fingerprint density at radius 2 is 2.35 bits per heavy atom. The average molecular weight is 270 g/mol. The number of thiophene rings is 1. The summed E-state index contributed by atoms with van der Waals surface area (Å²) in [5.41, 5.74) is 0. The van der Waals surface area contributed by atoms with Gasteiger partial charge in [0.2, 0.25) is 5.28 Å². The van der Waals surface area contributed by atoms with Crippen LogP contribution in [0.3, 0.4) is 0 Å². The minimum atomic E-state index is -0.272. The largest absolute Gasteiger partial charge is 0.391 e. The Morgan fingerprint density at radius 3 is 3.18 bits per heavy atom. The number of anilines is 1. The number of aliphatic hydroxyl groups is 1. The molecule has 0 aromatic carbocycles. The monoisotopic (exact) mass is 269 g/mol. The summed E-state index contributed by atoms with van der Waals surface area (Å²) in [6.07, 6.45) is 1.57. The summed E-state index contributed by atoms with van der Waals surface area (Å²) in [6.45, 7) is 1.54. The Balaban J connectivity index is 2.06. The van der Waals surface area contributed by atoms with Crippen LogP contribution in [0.2, 0.25) is 5.28 Å². The summed E-state index contributed by atoms with van der Waals surface area (Å²) in [6, 6.07) is 2.01. The van der Waals surface area contributed by atoms with Crippen molar-refractivity contribution in [2.24, 2.45) is 0 Å². The maximum Gasteiger partial charge on any atom is 0.225 e. The van der Waals surface area contributed by atoms with Gasteiger partial charge in [-0.3, -0.25) is 0 Å². The molecular weight excluding hydrogens is 258 g/mol. The number of rotatable bonds is 1. The number of fused-ring (bicyclic) bond motifs is 1. The van der Waals surface area contributed by atoms with Crippen LogP contribution in [0.5, 0.6) is 0 Å². The maximum absolute atomic E-state index is 9.72. The molecule has 0 spiro atoms. The van der Waals surface area contributed by atoms with Crippen LogP contribution < -0.4 is 4.90 Å². The lowest BCUT2D eigenvalue weighted by Gasteiger charge is -2.31. The zero-order valence-corrected chi connectivity index (χ0v) is 10.7. The normalized spacial score (nSPS) is 21.1. The molecule has 0 aliphatic carbocycles. The maximum atomic E-state index is 9.72. The van der Waals surface area contributed by atoms with E-state index in [2.05, 4.69) is 14.9 Å². The van der Waals surface area contributed by atoms with Crippen LogP contribution in [-0.4, -0.2) is 34.3 Å². The Kier molecular flexibility index (Phi) is 2.90. The number of nitrogens with zero attached hydrogens (tertiary/aromatic N) is 3. The fraction of sp³-hybridized carbons (Fsp3) is 0.455. The Hall–Kier alpha value is -0.910. The molecule has 3 heterocycles. The molecule has 0 radical (unpaired) electrons. The van der Waals surface area contributed by atoms with E-state index >= 15 is 0 Å². The molecule has 3 rings (SSSR count). The lowest BCUT2D eigenvalue weighted by Crippen LogP contribution is -2.38. The second-order valence-corrected chi connectivity index (χ2v) is 5.43. The zero-order chi connectivity index (χ0) is 11.8. The number of aliphatic hydroxyl groups excluding tert-OH is 1. The van der Waals surface area contributed by atoms with Crippen molar-refractivity contribution in [1.29, 1.82) is 0 Å². The van der Waals surface area contributed by atoms with Crippen molar-refractivity contribution in [2.45, 2.75) is 18.9 Å².